The number of nitrogens with zero attached hydrogens (tertiary/aromatic N) is 3. The van der Waals surface area contributed by atoms with Crippen molar-refractivity contribution in [2.75, 3.05) is 18.0 Å². The molecule has 20 heavy (non-hydrogen) atoms. The quantitative estimate of drug-likeness (QED) is 0.920. The molecule has 2 heterocycles. The molecule has 1 N–H and O–H groups in total. The maximum atomic E-state index is 11.5. The zero-order valence-electron chi connectivity index (χ0n) is 12.7. The first kappa shape index (κ1) is 14.9. The molecular formula is C15H25N3O2. The fraction of sp³-hybridized carbons (Fsp3) is 0.733. The summed E-state index contributed by atoms with van der Waals surface area (Å²) in [5.74, 6) is 0.680. The van der Waals surface area contributed by atoms with Crippen molar-refractivity contribution >= 4 is 11.8 Å². The number of rotatable bonds is 4. The maximum Gasteiger partial charge on any atom is 0.341 e. The number of hydrogen-bond donors (Lipinski definition) is 1. The smallest absolute Gasteiger partial charge is 0.341 e. The number of hydrogen-bond acceptors (Lipinski definition) is 3. The molecule has 2 rings (SSSR count). The van der Waals surface area contributed by atoms with Crippen LogP contribution in [0, 0.1) is 12.8 Å². The van der Waals surface area contributed by atoms with Crippen LogP contribution in [-0.2, 0) is 7.05 Å². The number of carboxylic acid groups (broad SMARTS) is 1. The van der Waals surface area contributed by atoms with Crippen LogP contribution in [0.3, 0.4) is 0 Å². The lowest BCUT2D eigenvalue weighted by Gasteiger charge is -2.23. The van der Waals surface area contributed by atoms with E-state index in [0.29, 0.717) is 11.3 Å². The molecule has 1 saturated heterocycles. The van der Waals surface area contributed by atoms with Crippen molar-refractivity contribution in [2.24, 2.45) is 13.0 Å². The summed E-state index contributed by atoms with van der Waals surface area (Å²) in [6.45, 7) is 5.86. The van der Waals surface area contributed by atoms with Crippen LogP contribution in [0.2, 0.25) is 0 Å². The fourth-order valence-corrected chi connectivity index (χ4v) is 3.33. The highest BCUT2D eigenvalue weighted by Gasteiger charge is 2.26. The SMILES string of the molecule is CCCC1CCCN(c2c(C(=O)O)c(C)nn2C)CC1. The van der Waals surface area contributed by atoms with E-state index in [1.807, 2.05) is 7.05 Å². The molecule has 0 saturated carbocycles. The Labute approximate surface area is 120 Å². The second kappa shape index (κ2) is 6.29. The first-order valence-electron chi connectivity index (χ1n) is 7.56. The summed E-state index contributed by atoms with van der Waals surface area (Å²) in [6.07, 6.45) is 6.05. The van der Waals surface area contributed by atoms with Crippen LogP contribution < -0.4 is 4.90 Å². The minimum atomic E-state index is -0.875. The van der Waals surface area contributed by atoms with Crippen LogP contribution in [0.1, 0.15) is 55.1 Å². The van der Waals surface area contributed by atoms with Gasteiger partial charge in [-0.15, -0.1) is 0 Å². The molecule has 0 aromatic carbocycles. The molecule has 1 unspecified atom stereocenters. The zero-order chi connectivity index (χ0) is 14.7. The third kappa shape index (κ3) is 2.97. The van der Waals surface area contributed by atoms with E-state index >= 15 is 0 Å². The number of aromatic nitrogens is 2. The minimum absolute atomic E-state index is 0.362. The van der Waals surface area contributed by atoms with E-state index in [1.165, 1.54) is 19.3 Å². The molecule has 112 valence electrons. The average Bonchev–Trinajstić information content (AvgIpc) is 2.56. The highest BCUT2D eigenvalue weighted by molar-refractivity contribution is 5.94. The Morgan fingerprint density at radius 1 is 1.40 bits per heavy atom. The van der Waals surface area contributed by atoms with Gasteiger partial charge in [0.25, 0.3) is 0 Å². The highest BCUT2D eigenvalue weighted by atomic mass is 16.4. The van der Waals surface area contributed by atoms with Crippen molar-refractivity contribution in [2.45, 2.75) is 46.0 Å². The summed E-state index contributed by atoms with van der Waals surface area (Å²) in [5.41, 5.74) is 0.964. The number of aromatic carboxylic acids is 1. The van der Waals surface area contributed by atoms with Crippen molar-refractivity contribution < 1.29 is 9.90 Å². The maximum absolute atomic E-state index is 11.5. The second-order valence-corrected chi connectivity index (χ2v) is 5.79. The number of carboxylic acids is 1. The molecule has 1 aromatic rings. The van der Waals surface area contributed by atoms with Gasteiger partial charge in [0.15, 0.2) is 0 Å². The standard InChI is InChI=1S/C15H25N3O2/c1-4-6-12-7-5-9-18(10-8-12)14-13(15(19)20)11(2)16-17(14)3/h12H,4-10H2,1-3H3,(H,19,20). The van der Waals surface area contributed by atoms with Gasteiger partial charge in [-0.05, 0) is 32.1 Å². The Hall–Kier alpha value is -1.52. The van der Waals surface area contributed by atoms with Gasteiger partial charge in [0.05, 0.1) is 5.69 Å². The highest BCUT2D eigenvalue weighted by Crippen LogP contribution is 2.28. The summed E-state index contributed by atoms with van der Waals surface area (Å²) in [7, 11) is 1.84. The Balaban J connectivity index is 2.21. The topological polar surface area (TPSA) is 58.4 Å². The largest absolute Gasteiger partial charge is 0.477 e. The number of aryl methyl sites for hydroxylation is 2. The molecule has 1 aliphatic heterocycles. The molecular weight excluding hydrogens is 254 g/mol. The van der Waals surface area contributed by atoms with Gasteiger partial charge in [0.2, 0.25) is 0 Å². The molecule has 1 aliphatic rings. The predicted octanol–water partition coefficient (Wildman–Crippen LogP) is 2.83. The van der Waals surface area contributed by atoms with Crippen molar-refractivity contribution in [3.05, 3.63) is 11.3 Å². The minimum Gasteiger partial charge on any atom is -0.477 e. The van der Waals surface area contributed by atoms with Gasteiger partial charge in [-0.1, -0.05) is 19.8 Å². The summed E-state index contributed by atoms with van der Waals surface area (Å²) in [6, 6.07) is 0. The number of anilines is 1. The Morgan fingerprint density at radius 3 is 2.80 bits per heavy atom. The summed E-state index contributed by atoms with van der Waals surface area (Å²) in [5, 5.41) is 13.7. The van der Waals surface area contributed by atoms with Crippen LogP contribution in [0.5, 0.6) is 0 Å². The zero-order valence-corrected chi connectivity index (χ0v) is 12.7. The van der Waals surface area contributed by atoms with Crippen molar-refractivity contribution in [1.82, 2.24) is 9.78 Å². The van der Waals surface area contributed by atoms with Gasteiger partial charge in [0, 0.05) is 20.1 Å². The molecule has 5 nitrogen and oxygen atoms in total. The van der Waals surface area contributed by atoms with E-state index in [9.17, 15) is 9.90 Å². The van der Waals surface area contributed by atoms with Crippen LogP contribution in [0.15, 0.2) is 0 Å². The normalized spacial score (nSPS) is 19.9. The van der Waals surface area contributed by atoms with Crippen molar-refractivity contribution in [3.63, 3.8) is 0 Å². The Morgan fingerprint density at radius 2 is 2.15 bits per heavy atom. The first-order valence-corrected chi connectivity index (χ1v) is 7.56. The molecule has 0 bridgehead atoms. The lowest BCUT2D eigenvalue weighted by atomic mass is 9.96. The van der Waals surface area contributed by atoms with Gasteiger partial charge >= 0.3 is 5.97 Å². The molecule has 0 spiro atoms. The summed E-state index contributed by atoms with van der Waals surface area (Å²) < 4.78 is 1.72. The third-order valence-electron chi connectivity index (χ3n) is 4.25. The van der Waals surface area contributed by atoms with E-state index in [4.69, 9.17) is 0 Å². The molecule has 1 fully saturated rings. The molecule has 5 heteroatoms. The average molecular weight is 279 g/mol. The molecule has 0 aliphatic carbocycles. The Kier molecular flexibility index (Phi) is 4.68. The van der Waals surface area contributed by atoms with Crippen LogP contribution in [-0.4, -0.2) is 33.9 Å². The first-order chi connectivity index (χ1) is 9.54. The van der Waals surface area contributed by atoms with E-state index in [1.54, 1.807) is 11.6 Å². The molecule has 1 aromatic heterocycles. The van der Waals surface area contributed by atoms with E-state index in [2.05, 4.69) is 16.9 Å². The van der Waals surface area contributed by atoms with Gasteiger partial charge in [-0.3, -0.25) is 4.68 Å². The van der Waals surface area contributed by atoms with Crippen LogP contribution in [0.25, 0.3) is 0 Å². The predicted molar refractivity (Wildman–Crippen MR) is 79.4 cm³/mol. The van der Waals surface area contributed by atoms with Crippen molar-refractivity contribution in [1.29, 1.82) is 0 Å². The van der Waals surface area contributed by atoms with Crippen molar-refractivity contribution in [3.8, 4) is 0 Å². The summed E-state index contributed by atoms with van der Waals surface area (Å²) >= 11 is 0. The van der Waals surface area contributed by atoms with Crippen LogP contribution in [0.4, 0.5) is 5.82 Å². The van der Waals surface area contributed by atoms with E-state index < -0.39 is 5.97 Å². The fourth-order valence-electron chi connectivity index (χ4n) is 3.33. The molecule has 0 amide bonds. The summed E-state index contributed by atoms with van der Waals surface area (Å²) in [4.78, 5) is 13.7. The second-order valence-electron chi connectivity index (χ2n) is 5.79. The lowest BCUT2D eigenvalue weighted by molar-refractivity contribution is 0.0696. The molecule has 1 atom stereocenters. The van der Waals surface area contributed by atoms with Crippen LogP contribution >= 0.6 is 0 Å². The van der Waals surface area contributed by atoms with Gasteiger partial charge in [-0.2, -0.15) is 5.10 Å². The third-order valence-corrected chi connectivity index (χ3v) is 4.25. The lowest BCUT2D eigenvalue weighted by Crippen LogP contribution is -2.28. The van der Waals surface area contributed by atoms with Gasteiger partial charge in [0.1, 0.15) is 11.4 Å². The monoisotopic (exact) mass is 279 g/mol. The van der Waals surface area contributed by atoms with E-state index in [0.717, 1.165) is 37.7 Å². The van der Waals surface area contributed by atoms with Gasteiger partial charge in [-0.25, -0.2) is 4.79 Å². The number of carbonyl (C=O) groups is 1. The van der Waals surface area contributed by atoms with Gasteiger partial charge < -0.3 is 10.0 Å². The Bertz CT molecular complexity index is 482. The molecule has 0 radical (unpaired) electrons. The van der Waals surface area contributed by atoms with E-state index in [-0.39, 0.29) is 0 Å².